The number of carbonyl (C=O) groups is 1. The van der Waals surface area contributed by atoms with E-state index in [9.17, 15) is 18.0 Å². The molecule has 6 heteroatoms. The molecule has 0 atom stereocenters. The van der Waals surface area contributed by atoms with Gasteiger partial charge in [-0.2, -0.15) is 13.2 Å². The Bertz CT molecular complexity index is 308. The minimum absolute atomic E-state index is 0.00588. The zero-order valence-corrected chi connectivity index (χ0v) is 9.46. The van der Waals surface area contributed by atoms with Gasteiger partial charge in [0, 0.05) is 12.6 Å². The molecule has 2 aliphatic carbocycles. The third-order valence-electron chi connectivity index (χ3n) is 3.47. The molecule has 0 saturated heterocycles. The SMILES string of the molecule is O=C(O)CC1(CN(CC(F)(F)F)C2CC2)CC1. The number of hydrogen-bond donors (Lipinski definition) is 1. The molecule has 2 saturated carbocycles. The number of halogens is 3. The van der Waals surface area contributed by atoms with Gasteiger partial charge in [0.1, 0.15) is 0 Å². The predicted octanol–water partition coefficient (Wildman–Crippen LogP) is 2.27. The third kappa shape index (κ3) is 3.87. The summed E-state index contributed by atoms with van der Waals surface area (Å²) in [4.78, 5) is 12.1. The summed E-state index contributed by atoms with van der Waals surface area (Å²) in [7, 11) is 0. The van der Waals surface area contributed by atoms with E-state index in [1.165, 1.54) is 4.90 Å². The van der Waals surface area contributed by atoms with Crippen LogP contribution in [0.25, 0.3) is 0 Å². The second-order valence-corrected chi connectivity index (χ2v) is 5.32. The molecule has 0 radical (unpaired) electrons. The van der Waals surface area contributed by atoms with E-state index in [2.05, 4.69) is 0 Å². The molecular formula is C11H16F3NO2. The van der Waals surface area contributed by atoms with Crippen LogP contribution in [0.3, 0.4) is 0 Å². The van der Waals surface area contributed by atoms with E-state index in [4.69, 9.17) is 5.11 Å². The van der Waals surface area contributed by atoms with Gasteiger partial charge in [-0.3, -0.25) is 9.69 Å². The maximum Gasteiger partial charge on any atom is 0.401 e. The first-order chi connectivity index (χ1) is 7.80. The third-order valence-corrected chi connectivity index (χ3v) is 3.47. The van der Waals surface area contributed by atoms with Gasteiger partial charge in [0.25, 0.3) is 0 Å². The normalized spacial score (nSPS) is 22.8. The average molecular weight is 251 g/mol. The second kappa shape index (κ2) is 4.15. The van der Waals surface area contributed by atoms with Crippen LogP contribution in [0.2, 0.25) is 0 Å². The number of carboxylic acids is 1. The Hall–Kier alpha value is -0.780. The minimum Gasteiger partial charge on any atom is -0.481 e. The van der Waals surface area contributed by atoms with Crippen LogP contribution in [0.4, 0.5) is 13.2 Å². The van der Waals surface area contributed by atoms with Crippen molar-refractivity contribution in [3.8, 4) is 0 Å². The molecule has 17 heavy (non-hydrogen) atoms. The van der Waals surface area contributed by atoms with Crippen molar-refractivity contribution < 1.29 is 23.1 Å². The Morgan fingerprint density at radius 2 is 1.94 bits per heavy atom. The van der Waals surface area contributed by atoms with E-state index in [0.717, 1.165) is 25.7 Å². The fraction of sp³-hybridized carbons (Fsp3) is 0.909. The van der Waals surface area contributed by atoms with Crippen LogP contribution in [-0.4, -0.2) is 41.3 Å². The summed E-state index contributed by atoms with van der Waals surface area (Å²) < 4.78 is 37.2. The van der Waals surface area contributed by atoms with Gasteiger partial charge in [-0.25, -0.2) is 0 Å². The summed E-state index contributed by atoms with van der Waals surface area (Å²) in [6, 6.07) is 0.0166. The molecule has 0 aliphatic heterocycles. The Balaban J connectivity index is 1.91. The summed E-state index contributed by atoms with van der Waals surface area (Å²) >= 11 is 0. The lowest BCUT2D eigenvalue weighted by Crippen LogP contribution is -2.40. The minimum atomic E-state index is -4.19. The Morgan fingerprint density at radius 3 is 2.29 bits per heavy atom. The summed E-state index contributed by atoms with van der Waals surface area (Å²) in [6.45, 7) is -0.623. The van der Waals surface area contributed by atoms with E-state index in [1.54, 1.807) is 0 Å². The number of rotatable bonds is 6. The zero-order valence-electron chi connectivity index (χ0n) is 9.46. The first kappa shape index (κ1) is 12.7. The molecule has 0 unspecified atom stereocenters. The molecular weight excluding hydrogens is 235 g/mol. The number of aliphatic carboxylic acids is 1. The van der Waals surface area contributed by atoms with E-state index in [0.29, 0.717) is 0 Å². The van der Waals surface area contributed by atoms with Crippen LogP contribution in [0, 0.1) is 5.41 Å². The fourth-order valence-corrected chi connectivity index (χ4v) is 2.30. The fourth-order valence-electron chi connectivity index (χ4n) is 2.30. The molecule has 1 N–H and O–H groups in total. The first-order valence-corrected chi connectivity index (χ1v) is 5.82. The molecule has 0 heterocycles. The number of alkyl halides is 3. The molecule has 0 bridgehead atoms. The molecule has 98 valence electrons. The quantitative estimate of drug-likeness (QED) is 0.787. The van der Waals surface area contributed by atoms with Crippen LogP contribution in [-0.2, 0) is 4.79 Å². The summed E-state index contributed by atoms with van der Waals surface area (Å²) in [6.07, 6.45) is -1.12. The van der Waals surface area contributed by atoms with Crippen molar-refractivity contribution in [1.29, 1.82) is 0 Å². The number of hydrogen-bond acceptors (Lipinski definition) is 2. The highest BCUT2D eigenvalue weighted by Crippen LogP contribution is 2.50. The summed E-state index contributed by atoms with van der Waals surface area (Å²) in [5.41, 5.74) is -0.389. The van der Waals surface area contributed by atoms with Gasteiger partial charge in [-0.05, 0) is 31.1 Å². The lowest BCUT2D eigenvalue weighted by Gasteiger charge is -2.27. The van der Waals surface area contributed by atoms with Crippen molar-refractivity contribution in [3.05, 3.63) is 0 Å². The van der Waals surface area contributed by atoms with Crippen LogP contribution in [0.5, 0.6) is 0 Å². The largest absolute Gasteiger partial charge is 0.481 e. The number of nitrogens with zero attached hydrogens (tertiary/aromatic N) is 1. The van der Waals surface area contributed by atoms with Crippen LogP contribution in [0.1, 0.15) is 32.1 Å². The van der Waals surface area contributed by atoms with E-state index in [1.807, 2.05) is 0 Å². The van der Waals surface area contributed by atoms with E-state index < -0.39 is 18.7 Å². The van der Waals surface area contributed by atoms with Crippen molar-refractivity contribution in [3.63, 3.8) is 0 Å². The van der Waals surface area contributed by atoms with Gasteiger partial charge in [-0.15, -0.1) is 0 Å². The van der Waals surface area contributed by atoms with Gasteiger partial charge in [0.15, 0.2) is 0 Å². The second-order valence-electron chi connectivity index (χ2n) is 5.32. The van der Waals surface area contributed by atoms with E-state index in [-0.39, 0.29) is 24.4 Å². The maximum atomic E-state index is 12.4. The van der Waals surface area contributed by atoms with Crippen LogP contribution in [0.15, 0.2) is 0 Å². The lowest BCUT2D eigenvalue weighted by molar-refractivity contribution is -0.149. The number of carboxylic acid groups (broad SMARTS) is 1. The van der Waals surface area contributed by atoms with Crippen molar-refractivity contribution in [2.45, 2.75) is 44.3 Å². The molecule has 0 spiro atoms. The maximum absolute atomic E-state index is 12.4. The highest BCUT2D eigenvalue weighted by molar-refractivity contribution is 5.68. The van der Waals surface area contributed by atoms with Gasteiger partial charge in [-0.1, -0.05) is 0 Å². The average Bonchev–Trinajstić information content (AvgIpc) is 2.91. The zero-order chi connectivity index (χ0) is 12.7. The van der Waals surface area contributed by atoms with E-state index >= 15 is 0 Å². The van der Waals surface area contributed by atoms with Gasteiger partial charge in [0.2, 0.25) is 0 Å². The van der Waals surface area contributed by atoms with Crippen LogP contribution >= 0.6 is 0 Å². The van der Waals surface area contributed by atoms with Crippen molar-refractivity contribution >= 4 is 5.97 Å². The Labute approximate surface area is 97.6 Å². The van der Waals surface area contributed by atoms with Crippen molar-refractivity contribution in [2.24, 2.45) is 5.41 Å². The van der Waals surface area contributed by atoms with Gasteiger partial charge in [0.05, 0.1) is 13.0 Å². The summed E-state index contributed by atoms with van der Waals surface area (Å²) in [5, 5.41) is 8.75. The lowest BCUT2D eigenvalue weighted by atomic mass is 10.0. The standard InChI is InChI=1S/C11H16F3NO2/c12-11(13,14)7-15(8-1-2-8)6-10(3-4-10)5-9(16)17/h8H,1-7H2,(H,16,17). The Morgan fingerprint density at radius 1 is 1.35 bits per heavy atom. The molecule has 3 nitrogen and oxygen atoms in total. The highest BCUT2D eigenvalue weighted by Gasteiger charge is 2.49. The monoisotopic (exact) mass is 251 g/mol. The van der Waals surface area contributed by atoms with Crippen LogP contribution < -0.4 is 0 Å². The molecule has 0 aromatic heterocycles. The smallest absolute Gasteiger partial charge is 0.401 e. The van der Waals surface area contributed by atoms with Crippen molar-refractivity contribution in [1.82, 2.24) is 4.90 Å². The van der Waals surface area contributed by atoms with Gasteiger partial charge < -0.3 is 5.11 Å². The topological polar surface area (TPSA) is 40.5 Å². The highest BCUT2D eigenvalue weighted by atomic mass is 19.4. The Kier molecular flexibility index (Phi) is 3.10. The molecule has 0 aromatic carbocycles. The molecule has 0 aromatic rings. The summed E-state index contributed by atoms with van der Waals surface area (Å²) in [5.74, 6) is -0.912. The first-order valence-electron chi connectivity index (χ1n) is 5.82. The van der Waals surface area contributed by atoms with Gasteiger partial charge >= 0.3 is 12.1 Å². The molecule has 2 fully saturated rings. The molecule has 2 aliphatic rings. The predicted molar refractivity (Wildman–Crippen MR) is 54.6 cm³/mol. The van der Waals surface area contributed by atoms with Crippen molar-refractivity contribution in [2.75, 3.05) is 13.1 Å². The molecule has 0 amide bonds. The molecule has 2 rings (SSSR count).